The first kappa shape index (κ1) is 22.8. The van der Waals surface area contributed by atoms with Crippen LogP contribution in [0.15, 0.2) is 65.5 Å². The van der Waals surface area contributed by atoms with Crippen LogP contribution in [-0.4, -0.2) is 22.4 Å². The molecule has 4 aromatic rings. The van der Waals surface area contributed by atoms with Gasteiger partial charge in [0.25, 0.3) is 5.56 Å². The summed E-state index contributed by atoms with van der Waals surface area (Å²) < 4.78 is 14.9. The molecule has 5 rings (SSSR count). The van der Waals surface area contributed by atoms with Gasteiger partial charge in [0, 0.05) is 22.7 Å². The van der Waals surface area contributed by atoms with Gasteiger partial charge < -0.3 is 14.8 Å². The van der Waals surface area contributed by atoms with Crippen molar-refractivity contribution in [1.82, 2.24) is 9.36 Å². The number of nitrogens with zero attached hydrogens (tertiary/aromatic N) is 2. The molecular formula is C27H24ClN3O4. The predicted octanol–water partition coefficient (Wildman–Crippen LogP) is 5.25. The zero-order chi connectivity index (χ0) is 24.7. The number of benzene rings is 3. The van der Waals surface area contributed by atoms with Crippen LogP contribution in [0.3, 0.4) is 0 Å². The third-order valence-electron chi connectivity index (χ3n) is 6.01. The van der Waals surface area contributed by atoms with Crippen LogP contribution in [0.5, 0.6) is 17.4 Å². The average molecular weight is 490 g/mol. The zero-order valence-electron chi connectivity index (χ0n) is 19.6. The Kier molecular flexibility index (Phi) is 5.86. The summed E-state index contributed by atoms with van der Waals surface area (Å²) in [5.74, 6) is 1.12. The summed E-state index contributed by atoms with van der Waals surface area (Å²) in [5, 5.41) is 3.37. The smallest absolute Gasteiger partial charge is 0.278 e. The normalized spacial score (nSPS) is 11.9. The van der Waals surface area contributed by atoms with Crippen molar-refractivity contribution in [2.45, 2.75) is 26.8 Å². The first-order chi connectivity index (χ1) is 16.9. The van der Waals surface area contributed by atoms with Crippen LogP contribution >= 0.6 is 11.6 Å². The Balaban J connectivity index is 1.63. The minimum Gasteiger partial charge on any atom is -0.493 e. The van der Waals surface area contributed by atoms with E-state index in [1.165, 1.54) is 4.68 Å². The Hall–Kier alpha value is -3.97. The van der Waals surface area contributed by atoms with Gasteiger partial charge in [0.15, 0.2) is 11.5 Å². The maximum absolute atomic E-state index is 13.7. The lowest BCUT2D eigenvalue weighted by Gasteiger charge is -2.21. The van der Waals surface area contributed by atoms with Gasteiger partial charge in [-0.3, -0.25) is 9.59 Å². The molecule has 0 fully saturated rings. The number of hydrogen-bond donors (Lipinski definition) is 1. The number of ether oxygens (including phenoxy) is 2. The third-order valence-corrected chi connectivity index (χ3v) is 6.25. The molecule has 1 N–H and O–H groups in total. The van der Waals surface area contributed by atoms with Gasteiger partial charge in [-0.1, -0.05) is 47.5 Å². The van der Waals surface area contributed by atoms with Gasteiger partial charge in [-0.05, 0) is 49.7 Å². The van der Waals surface area contributed by atoms with Crippen LogP contribution in [-0.2, 0) is 17.8 Å². The highest BCUT2D eigenvalue weighted by molar-refractivity contribution is 6.30. The number of nitrogens with one attached hydrogen (secondary N) is 1. The van der Waals surface area contributed by atoms with Crippen LogP contribution in [0, 0.1) is 13.8 Å². The fourth-order valence-corrected chi connectivity index (χ4v) is 4.62. The highest BCUT2D eigenvalue weighted by Gasteiger charge is 2.31. The molecule has 1 aromatic heterocycles. The van der Waals surface area contributed by atoms with Crippen LogP contribution < -0.4 is 20.3 Å². The molecule has 1 aliphatic rings. The molecule has 3 aromatic carbocycles. The van der Waals surface area contributed by atoms with Gasteiger partial charge in [-0.15, -0.1) is 0 Å². The fourth-order valence-electron chi connectivity index (χ4n) is 4.43. The summed E-state index contributed by atoms with van der Waals surface area (Å²) >= 11 is 6.06. The van der Waals surface area contributed by atoms with Crippen LogP contribution in [0.2, 0.25) is 5.02 Å². The van der Waals surface area contributed by atoms with Gasteiger partial charge in [-0.2, -0.15) is 0 Å². The van der Waals surface area contributed by atoms with E-state index in [0.29, 0.717) is 45.8 Å². The van der Waals surface area contributed by atoms with E-state index in [-0.39, 0.29) is 18.0 Å². The number of methoxy groups -OCH3 is 1. The second-order valence-electron chi connectivity index (χ2n) is 8.53. The highest BCUT2D eigenvalue weighted by atomic mass is 35.5. The number of aromatic nitrogens is 2. The average Bonchev–Trinajstić information content (AvgIpc) is 3.08. The number of rotatable bonds is 5. The molecule has 0 unspecified atom stereocenters. The lowest BCUT2D eigenvalue weighted by Crippen LogP contribution is -2.28. The molecule has 178 valence electrons. The van der Waals surface area contributed by atoms with Crippen molar-refractivity contribution in [2.24, 2.45) is 0 Å². The monoisotopic (exact) mass is 489 g/mol. The third kappa shape index (κ3) is 4.19. The van der Waals surface area contributed by atoms with E-state index < -0.39 is 0 Å². The van der Waals surface area contributed by atoms with Crippen molar-refractivity contribution in [3.63, 3.8) is 0 Å². The standard InChI is InChI=1S/C27H24ClN3O4/c1-16-10-11-22(17(2)12-16)31-26(33)21-13-18-6-4-9-23(34-3)25(18)35-27(21)30(31)15-24(32)29-20-8-5-7-19(28)14-20/h4-12,14H,13,15H2,1-3H3,(H,29,32). The van der Waals surface area contributed by atoms with E-state index in [1.807, 2.05) is 44.2 Å². The molecule has 35 heavy (non-hydrogen) atoms. The minimum absolute atomic E-state index is 0.144. The summed E-state index contributed by atoms with van der Waals surface area (Å²) in [7, 11) is 1.57. The molecule has 0 bridgehead atoms. The summed E-state index contributed by atoms with van der Waals surface area (Å²) in [6.45, 7) is 3.79. The molecular weight excluding hydrogens is 466 g/mol. The Bertz CT molecular complexity index is 1520. The van der Waals surface area contributed by atoms with Gasteiger partial charge >= 0.3 is 0 Å². The van der Waals surface area contributed by atoms with E-state index >= 15 is 0 Å². The molecule has 1 aliphatic heterocycles. The van der Waals surface area contributed by atoms with Crippen molar-refractivity contribution < 1.29 is 14.3 Å². The summed E-state index contributed by atoms with van der Waals surface area (Å²) in [6, 6.07) is 18.3. The van der Waals surface area contributed by atoms with Crippen molar-refractivity contribution >= 4 is 23.2 Å². The van der Waals surface area contributed by atoms with E-state index in [9.17, 15) is 9.59 Å². The lowest BCUT2D eigenvalue weighted by molar-refractivity contribution is -0.117. The number of para-hydroxylation sites is 1. The summed E-state index contributed by atoms with van der Waals surface area (Å²) in [4.78, 5) is 26.8. The first-order valence-corrected chi connectivity index (χ1v) is 11.5. The number of hydrogen-bond acceptors (Lipinski definition) is 4. The van der Waals surface area contributed by atoms with E-state index in [0.717, 1.165) is 16.7 Å². The topological polar surface area (TPSA) is 74.5 Å². The zero-order valence-corrected chi connectivity index (χ0v) is 20.3. The van der Waals surface area contributed by atoms with Crippen molar-refractivity contribution in [1.29, 1.82) is 0 Å². The molecule has 0 saturated carbocycles. The van der Waals surface area contributed by atoms with Crippen LogP contribution in [0.1, 0.15) is 22.3 Å². The molecule has 0 radical (unpaired) electrons. The minimum atomic E-state index is -0.321. The molecule has 0 aliphatic carbocycles. The van der Waals surface area contributed by atoms with E-state index in [4.69, 9.17) is 21.1 Å². The number of aryl methyl sites for hydroxylation is 2. The maximum atomic E-state index is 13.7. The predicted molar refractivity (Wildman–Crippen MR) is 135 cm³/mol. The van der Waals surface area contributed by atoms with Gasteiger partial charge in [-0.25, -0.2) is 9.36 Å². The number of fused-ring (bicyclic) bond motifs is 2. The number of amides is 1. The van der Waals surface area contributed by atoms with E-state index in [1.54, 1.807) is 42.1 Å². The van der Waals surface area contributed by atoms with Gasteiger partial charge in [0.2, 0.25) is 11.8 Å². The number of carbonyl (C=O) groups excluding carboxylic acids is 1. The van der Waals surface area contributed by atoms with Crippen LogP contribution in [0.25, 0.3) is 5.69 Å². The molecule has 1 amide bonds. The first-order valence-electron chi connectivity index (χ1n) is 11.2. The quantitative estimate of drug-likeness (QED) is 0.366. The summed E-state index contributed by atoms with van der Waals surface area (Å²) in [6.07, 6.45) is 0.370. The lowest BCUT2D eigenvalue weighted by atomic mass is 10.0. The van der Waals surface area contributed by atoms with Crippen LogP contribution in [0.4, 0.5) is 5.69 Å². The fraction of sp³-hybridized carbons (Fsp3) is 0.185. The van der Waals surface area contributed by atoms with Crippen molar-refractivity contribution in [3.05, 3.63) is 98.3 Å². The Morgan fingerprint density at radius 2 is 1.91 bits per heavy atom. The van der Waals surface area contributed by atoms with Gasteiger partial charge in [0.05, 0.1) is 18.4 Å². The van der Waals surface area contributed by atoms with Gasteiger partial charge in [0.1, 0.15) is 6.54 Å². The molecule has 0 atom stereocenters. The Morgan fingerprint density at radius 1 is 1.11 bits per heavy atom. The molecule has 2 heterocycles. The Labute approximate surface area is 207 Å². The second kappa shape index (κ2) is 9.00. The van der Waals surface area contributed by atoms with Crippen molar-refractivity contribution in [2.75, 3.05) is 12.4 Å². The second-order valence-corrected chi connectivity index (χ2v) is 8.97. The largest absolute Gasteiger partial charge is 0.493 e. The molecule has 0 spiro atoms. The maximum Gasteiger partial charge on any atom is 0.278 e. The SMILES string of the molecule is COc1cccc2c1Oc1c(c(=O)n(-c3ccc(C)cc3C)n1CC(=O)Nc1cccc(Cl)c1)C2. The molecule has 8 heteroatoms. The number of anilines is 1. The number of carbonyl (C=O) groups is 1. The summed E-state index contributed by atoms with van der Waals surface area (Å²) in [5.41, 5.74) is 4.35. The molecule has 7 nitrogen and oxygen atoms in total. The molecule has 0 saturated heterocycles. The number of halogens is 1. The Morgan fingerprint density at radius 3 is 2.66 bits per heavy atom. The highest BCUT2D eigenvalue weighted by Crippen LogP contribution is 2.42. The van der Waals surface area contributed by atoms with E-state index in [2.05, 4.69) is 5.32 Å². The van der Waals surface area contributed by atoms with Crippen molar-refractivity contribution in [3.8, 4) is 23.1 Å².